The van der Waals surface area contributed by atoms with Crippen molar-refractivity contribution in [1.29, 1.82) is 0 Å². The molecule has 3 N–H and O–H groups in total. The third kappa shape index (κ3) is 13.9. The first-order valence-electron chi connectivity index (χ1n) is 18.9. The van der Waals surface area contributed by atoms with Crippen molar-refractivity contribution in [2.24, 2.45) is 10.8 Å². The number of allylic oxidation sites excluding steroid dienone is 8. The van der Waals surface area contributed by atoms with Gasteiger partial charge in [-0.15, -0.1) is 0 Å². The lowest BCUT2D eigenvalue weighted by molar-refractivity contribution is -0.0462. The van der Waals surface area contributed by atoms with Crippen molar-refractivity contribution in [3.63, 3.8) is 0 Å². The van der Waals surface area contributed by atoms with E-state index in [-0.39, 0.29) is 36.0 Å². The van der Waals surface area contributed by atoms with Gasteiger partial charge in [0.25, 0.3) is 0 Å². The maximum Gasteiger partial charge on any atom is 0.360 e. The van der Waals surface area contributed by atoms with Crippen LogP contribution < -0.4 is 0 Å². The van der Waals surface area contributed by atoms with Crippen molar-refractivity contribution in [2.75, 3.05) is 14.2 Å². The zero-order chi connectivity index (χ0) is 42.0. The van der Waals surface area contributed by atoms with Gasteiger partial charge in [-0.25, -0.2) is 19.6 Å². The number of carbonyl (C=O) groups excluding carboxylic acids is 2. The summed E-state index contributed by atoms with van der Waals surface area (Å²) in [6, 6.07) is 0. The van der Waals surface area contributed by atoms with Crippen LogP contribution in [0.4, 0.5) is 0 Å². The third-order valence-electron chi connectivity index (χ3n) is 9.69. The third-order valence-corrected chi connectivity index (χ3v) is 9.69. The average Bonchev–Trinajstić information content (AvgIpc) is 3.86. The number of aromatic nitrogens is 2. The molecule has 0 aromatic carbocycles. The molecule has 2 aromatic heterocycles. The number of aliphatic hydroxyl groups excluding tert-OH is 3. The Hall–Kier alpha value is -4.92. The molecule has 310 valence electrons. The summed E-state index contributed by atoms with van der Waals surface area (Å²) in [5.74, 6) is -1.04. The second-order valence-corrected chi connectivity index (χ2v) is 14.6. The fourth-order valence-corrected chi connectivity index (χ4v) is 5.68. The minimum atomic E-state index is -1.07. The van der Waals surface area contributed by atoms with Crippen LogP contribution in [0, 0.1) is 10.8 Å². The molecule has 3 rings (SSSR count). The molecule has 0 fully saturated rings. The van der Waals surface area contributed by atoms with Crippen LogP contribution in [-0.2, 0) is 25.4 Å². The highest BCUT2D eigenvalue weighted by atomic mass is 16.6. The van der Waals surface area contributed by atoms with E-state index in [1.165, 1.54) is 31.8 Å². The highest BCUT2D eigenvalue weighted by Crippen LogP contribution is 2.33. The summed E-state index contributed by atoms with van der Waals surface area (Å²) in [5.41, 5.74) is -1.87. The minimum Gasteiger partial charge on any atom is -0.457 e. The summed E-state index contributed by atoms with van der Waals surface area (Å²) < 4.78 is 34.0. The van der Waals surface area contributed by atoms with E-state index in [1.807, 2.05) is 26.0 Å². The van der Waals surface area contributed by atoms with Gasteiger partial charge in [-0.05, 0) is 13.8 Å². The number of carbonyl (C=O) groups is 2. The Morgan fingerprint density at radius 3 is 1.89 bits per heavy atom. The van der Waals surface area contributed by atoms with Gasteiger partial charge in [0, 0.05) is 44.0 Å². The second-order valence-electron chi connectivity index (χ2n) is 14.6. The Morgan fingerprint density at radius 1 is 0.737 bits per heavy atom. The first-order valence-corrected chi connectivity index (χ1v) is 18.9. The van der Waals surface area contributed by atoms with E-state index in [4.69, 9.17) is 27.8 Å². The molecule has 7 unspecified atom stereocenters. The Bertz CT molecular complexity index is 1810. The summed E-state index contributed by atoms with van der Waals surface area (Å²) in [6.07, 6.45) is 24.6. The zero-order valence-corrected chi connectivity index (χ0v) is 34.1. The van der Waals surface area contributed by atoms with Gasteiger partial charge in [-0.2, -0.15) is 0 Å². The highest BCUT2D eigenvalue weighted by molar-refractivity contribution is 5.87. The molecule has 2 aromatic rings. The summed E-state index contributed by atoms with van der Waals surface area (Å²) >= 11 is 0. The van der Waals surface area contributed by atoms with E-state index >= 15 is 0 Å². The van der Waals surface area contributed by atoms with Crippen molar-refractivity contribution in [3.05, 3.63) is 127 Å². The van der Waals surface area contributed by atoms with Gasteiger partial charge in [0.2, 0.25) is 5.89 Å². The van der Waals surface area contributed by atoms with Gasteiger partial charge in [0.15, 0.2) is 17.3 Å². The number of esters is 2. The molecule has 1 aliphatic heterocycles. The van der Waals surface area contributed by atoms with Gasteiger partial charge in [0.1, 0.15) is 36.9 Å². The zero-order valence-electron chi connectivity index (χ0n) is 34.1. The molecule has 0 amide bonds. The Morgan fingerprint density at radius 2 is 1.30 bits per heavy atom. The van der Waals surface area contributed by atoms with Gasteiger partial charge in [-0.1, -0.05) is 119 Å². The number of hydrogen-bond acceptors (Lipinski definition) is 13. The van der Waals surface area contributed by atoms with Crippen LogP contribution in [0.15, 0.2) is 113 Å². The van der Waals surface area contributed by atoms with Gasteiger partial charge < -0.3 is 43.1 Å². The van der Waals surface area contributed by atoms with E-state index in [2.05, 4.69) is 9.97 Å². The number of nitrogens with zero attached hydrogens (tertiary/aromatic N) is 2. The van der Waals surface area contributed by atoms with E-state index in [9.17, 15) is 24.9 Å². The first kappa shape index (κ1) is 46.5. The molecule has 13 heteroatoms. The predicted molar refractivity (Wildman–Crippen MR) is 216 cm³/mol. The standard InChI is InChI=1S/C44H58N2O11/c1-9-19-35(48)43(3,4)37-24-15-13-11-12-14-21-30(52-7)27-40-46-32(29-55-40)42(51)57-38(44(5,6)36(49)20-10-2)25-18-23-34(53-8)33(47)22-16-17-26-39-45-31(28-54-39)41(50)56-37/h9-23,26,28-30,33-38,47-49H,24-25,27H2,1-8H3. The number of cyclic esters (lactones) is 2. The summed E-state index contributed by atoms with van der Waals surface area (Å²) in [5, 5.41) is 32.7. The van der Waals surface area contributed by atoms with Crippen molar-refractivity contribution < 1.29 is 52.7 Å². The van der Waals surface area contributed by atoms with E-state index in [0.717, 1.165) is 0 Å². The van der Waals surface area contributed by atoms with Crippen LogP contribution in [0.25, 0.3) is 6.08 Å². The largest absolute Gasteiger partial charge is 0.457 e. The lowest BCUT2D eigenvalue weighted by Gasteiger charge is -2.36. The predicted octanol–water partition coefficient (Wildman–Crippen LogP) is 6.86. The summed E-state index contributed by atoms with van der Waals surface area (Å²) in [6.45, 7) is 10.8. The number of ether oxygens (including phenoxy) is 4. The Kier molecular flexibility index (Phi) is 18.5. The molecule has 3 heterocycles. The van der Waals surface area contributed by atoms with Crippen molar-refractivity contribution in [2.45, 2.75) is 104 Å². The molecular weight excluding hydrogens is 732 g/mol. The SMILES string of the molecule is CC=CC(O)C(C)(C)C1CC=CC=CC=CC(OC)Cc2nc(co2)C(=O)OC(C(C)(C)C(O)C=CC)CC=CC(OC)C(O)C=CC=Cc2nc(co2)C(=O)O1. The van der Waals surface area contributed by atoms with Crippen molar-refractivity contribution in [1.82, 2.24) is 9.97 Å². The molecule has 7 atom stereocenters. The number of fused-ring (bicyclic) bond motifs is 4. The van der Waals surface area contributed by atoms with Crippen LogP contribution in [0.5, 0.6) is 0 Å². The molecule has 0 saturated carbocycles. The van der Waals surface area contributed by atoms with Crippen LogP contribution in [0.1, 0.15) is 87.1 Å². The summed E-state index contributed by atoms with van der Waals surface area (Å²) in [4.78, 5) is 35.2. The fraction of sp³-hybridized carbons (Fsp3) is 0.455. The van der Waals surface area contributed by atoms with E-state index in [0.29, 0.717) is 6.42 Å². The number of hydrogen-bond donors (Lipinski definition) is 3. The molecule has 0 aliphatic carbocycles. The van der Waals surface area contributed by atoms with E-state index in [1.54, 1.807) is 108 Å². The van der Waals surface area contributed by atoms with Crippen molar-refractivity contribution >= 4 is 18.0 Å². The number of oxazole rings is 2. The van der Waals surface area contributed by atoms with Gasteiger partial charge in [-0.3, -0.25) is 0 Å². The minimum absolute atomic E-state index is 0.0337. The summed E-state index contributed by atoms with van der Waals surface area (Å²) in [7, 11) is 2.99. The molecule has 13 nitrogen and oxygen atoms in total. The molecular formula is C44H58N2O11. The van der Waals surface area contributed by atoms with E-state index < -0.39 is 65.5 Å². The van der Waals surface area contributed by atoms with Crippen molar-refractivity contribution in [3.8, 4) is 0 Å². The normalized spacial score (nSPS) is 23.8. The molecule has 57 heavy (non-hydrogen) atoms. The van der Waals surface area contributed by atoms with Gasteiger partial charge in [0.05, 0.1) is 24.7 Å². The van der Waals surface area contributed by atoms with Gasteiger partial charge >= 0.3 is 11.9 Å². The average molecular weight is 791 g/mol. The Balaban J connectivity index is 1.96. The van der Waals surface area contributed by atoms with Crippen LogP contribution in [0.3, 0.4) is 0 Å². The number of methoxy groups -OCH3 is 2. The fourth-order valence-electron chi connectivity index (χ4n) is 5.68. The van der Waals surface area contributed by atoms with Crippen LogP contribution >= 0.6 is 0 Å². The smallest absolute Gasteiger partial charge is 0.360 e. The topological polar surface area (TPSA) is 184 Å². The van der Waals surface area contributed by atoms with Crippen LogP contribution in [-0.4, -0.2) is 94.2 Å². The molecule has 1 aliphatic rings. The maximum absolute atomic E-state index is 13.4. The molecule has 0 radical (unpaired) electrons. The van der Waals surface area contributed by atoms with Crippen LogP contribution in [0.2, 0.25) is 0 Å². The number of aliphatic hydroxyl groups is 3. The molecule has 4 bridgehead atoms. The lowest BCUT2D eigenvalue weighted by atomic mass is 9.79. The first-order chi connectivity index (χ1) is 27.2. The highest BCUT2D eigenvalue weighted by Gasteiger charge is 2.39. The molecule has 0 saturated heterocycles. The second kappa shape index (κ2) is 22.7. The maximum atomic E-state index is 13.4. The monoisotopic (exact) mass is 790 g/mol. The number of rotatable bonds is 8. The molecule has 0 spiro atoms. The Labute approximate surface area is 335 Å². The lowest BCUT2D eigenvalue weighted by Crippen LogP contribution is -2.42. The quantitative estimate of drug-likeness (QED) is 0.186.